The number of ketones is 2. The van der Waals surface area contributed by atoms with Gasteiger partial charge in [0.25, 0.3) is 5.91 Å². The molecule has 6 aliphatic rings. The van der Waals surface area contributed by atoms with Crippen LogP contribution in [0.2, 0.25) is 0 Å². The first-order chi connectivity index (χ1) is 52.4. The molecule has 30 heteroatoms. The molecule has 0 spiro atoms. The number of aromatic nitrogens is 2. The molecule has 3 aromatic carbocycles. The minimum absolute atomic E-state index is 0.00566. The minimum Gasteiger partial charge on any atom is -0.496 e. The lowest BCUT2D eigenvalue weighted by molar-refractivity contribution is -0.140. The van der Waals surface area contributed by atoms with Crippen molar-refractivity contribution < 1.29 is 76.5 Å². The quantitative estimate of drug-likeness (QED) is 0.0151. The average Bonchev–Trinajstić information content (AvgIpc) is 1.63. The fourth-order valence-electron chi connectivity index (χ4n) is 15.4. The van der Waals surface area contributed by atoms with Gasteiger partial charge in [0, 0.05) is 130 Å². The highest BCUT2D eigenvalue weighted by Gasteiger charge is 2.43. The summed E-state index contributed by atoms with van der Waals surface area (Å²) in [6, 6.07) is 14.2. The second kappa shape index (κ2) is 38.2. The number of nitrogens with zero attached hydrogens (tertiary/aromatic N) is 8. The maximum atomic E-state index is 14.1. The second-order valence-corrected chi connectivity index (χ2v) is 29.7. The molecule has 6 heterocycles. The number of hydrogen-bond donors (Lipinski definition) is 6. The summed E-state index contributed by atoms with van der Waals surface area (Å²) in [5.41, 5.74) is 9.32. The molecular weight excluding hydrogens is 1400 g/mol. The summed E-state index contributed by atoms with van der Waals surface area (Å²) < 4.78 is 17.7. The molecule has 7 N–H and O–H groups in total. The van der Waals surface area contributed by atoms with Gasteiger partial charge >= 0.3 is 12.1 Å². The van der Waals surface area contributed by atoms with Gasteiger partial charge < -0.3 is 60.8 Å². The molecule has 0 bridgehead atoms. The number of anilines is 4. The Kier molecular flexibility index (Phi) is 28.5. The lowest BCUT2D eigenvalue weighted by Crippen LogP contribution is -2.55. The van der Waals surface area contributed by atoms with Crippen LogP contribution in [0.1, 0.15) is 187 Å². The molecule has 30 nitrogen and oxygen atoms in total. The largest absolute Gasteiger partial charge is 0.496 e. The molecule has 0 radical (unpaired) electrons. The number of carbonyl (C=O) groups is 13. The summed E-state index contributed by atoms with van der Waals surface area (Å²) in [4.78, 5) is 191. The maximum absolute atomic E-state index is 14.1. The molecule has 2 unspecified atom stereocenters. The van der Waals surface area contributed by atoms with Gasteiger partial charge in [-0.1, -0.05) is 77.3 Å². The van der Waals surface area contributed by atoms with Crippen LogP contribution in [-0.4, -0.2) is 204 Å². The normalized spacial score (nSPS) is 18.8. The summed E-state index contributed by atoms with van der Waals surface area (Å²) in [7, 11) is 3.37. The van der Waals surface area contributed by atoms with E-state index in [1.54, 1.807) is 94.6 Å². The van der Waals surface area contributed by atoms with E-state index in [2.05, 4.69) is 36.4 Å². The third-order valence-electron chi connectivity index (χ3n) is 21.6. The fraction of sp³-hybridized carbons (Fsp3) is 0.557. The first-order valence-electron chi connectivity index (χ1n) is 38.4. The first kappa shape index (κ1) is 81.3. The van der Waals surface area contributed by atoms with E-state index in [0.29, 0.717) is 103 Å². The Labute approximate surface area is 635 Å². The van der Waals surface area contributed by atoms with Crippen LogP contribution < -0.4 is 46.9 Å². The summed E-state index contributed by atoms with van der Waals surface area (Å²) >= 11 is 0. The van der Waals surface area contributed by atoms with Gasteiger partial charge in [-0.05, 0) is 125 Å². The summed E-state index contributed by atoms with van der Waals surface area (Å²) in [6.07, 6.45) is 10.5. The molecule has 586 valence electrons. The molecule has 4 aromatic rings. The minimum atomic E-state index is -0.905. The molecule has 10 rings (SSSR count). The number of benzene rings is 3. The molecule has 5 aliphatic heterocycles. The molecule has 3 saturated heterocycles. The number of likely N-dealkylation sites (tertiary alicyclic amines) is 2. The molecule has 1 saturated carbocycles. The van der Waals surface area contributed by atoms with E-state index >= 15 is 0 Å². The standard InChI is InChI=1S/C79H104N14O16/c1-7-60-77(104)88(5)62-44-82-66(85-72(62)93(60)56-16-10-11-17-56)43-53-24-23-52(42-65(53)107-6)63(94)40-50-29-33-89(34-30-50)35-37-108-38-36-90(46-69(98)84-59-19-13-18-57-58(59)45-92(76(57)103)61-27-28-68(97)87-74(61)101)79(106)109-47-51-21-25-55(26-22-51)83-73(100)54(15-14-31-81-78(80)105)41-64(95)71(48(2)3)86-67(96)20-9-8-12-32-91-70(99)39-49(4)75(91)102/h13,18-19,21-26,42,44,48-50,54,56,60-61,71H,7-12,14-17,20,27-41,43,45-47H2,1-6H3,(H,83,100)(H,84,98)(H,86,96)(H3,80,81,105)(H,87,97,101)/t49?,54-,60-,61?,71+/m1/s1. The summed E-state index contributed by atoms with van der Waals surface area (Å²) in [5, 5.41) is 13.4. The summed E-state index contributed by atoms with van der Waals surface area (Å²) in [6.45, 7) is 9.32. The SMILES string of the molecule is CC[C@@H]1C(=O)N(C)c2cnc(Cc3ccc(C(=O)CC4CCN(CCOCCN(CC(=O)Nc5cccc6c5CN(C5CCC(=O)NC5=O)C6=O)C(=O)OCc5ccc(NC(=O)[C@H](CCCNC(N)=O)CC(=O)[C@@H](NC(=O)CCCCCN6C(=O)CC(C)C6=O)C(C)C)cc5)CC4)cc3OC)nc2N1C1CCCC1. The number of likely N-dealkylation sites (N-methyl/N-ethyl adjacent to an activating group) is 1. The molecule has 1 aromatic heterocycles. The van der Waals surface area contributed by atoms with Gasteiger partial charge in [-0.15, -0.1) is 0 Å². The van der Waals surface area contributed by atoms with Crippen LogP contribution in [0.4, 0.5) is 32.5 Å². The first-order valence-corrected chi connectivity index (χ1v) is 38.4. The van der Waals surface area contributed by atoms with Crippen molar-refractivity contribution >= 4 is 99.7 Å². The van der Waals surface area contributed by atoms with E-state index in [1.807, 2.05) is 19.1 Å². The lowest BCUT2D eigenvalue weighted by atomic mass is 9.89. The number of urea groups is 1. The van der Waals surface area contributed by atoms with Gasteiger partial charge in [-0.3, -0.25) is 67.9 Å². The number of unbranched alkanes of at least 4 members (excludes halogenated alkanes) is 2. The smallest absolute Gasteiger partial charge is 0.410 e. The number of carbonyl (C=O) groups excluding carboxylic acids is 13. The topological polar surface area (TPSA) is 381 Å². The zero-order valence-electron chi connectivity index (χ0n) is 63.4. The predicted octanol–water partition coefficient (Wildman–Crippen LogP) is 6.98. The van der Waals surface area contributed by atoms with Gasteiger partial charge in [-0.25, -0.2) is 19.6 Å². The zero-order chi connectivity index (χ0) is 78.0. The number of primary amides is 1. The van der Waals surface area contributed by atoms with Crippen LogP contribution in [0, 0.1) is 23.7 Å². The number of fused-ring (bicyclic) bond motifs is 2. The molecule has 12 amide bonds. The number of Topliss-reactive ketones (excluding diaryl/α,β-unsaturated/α-hetero) is 2. The highest BCUT2D eigenvalue weighted by atomic mass is 16.6. The van der Waals surface area contributed by atoms with Crippen molar-refractivity contribution in [3.05, 3.63) is 101 Å². The van der Waals surface area contributed by atoms with E-state index in [1.165, 1.54) is 14.7 Å². The predicted molar refractivity (Wildman–Crippen MR) is 403 cm³/mol. The van der Waals surface area contributed by atoms with Gasteiger partial charge in [-0.2, -0.15) is 0 Å². The number of imide groups is 2. The molecular formula is C79H104N14O16. The van der Waals surface area contributed by atoms with Crippen molar-refractivity contribution in [3.8, 4) is 5.75 Å². The van der Waals surface area contributed by atoms with Crippen LogP contribution in [0.5, 0.6) is 5.75 Å². The van der Waals surface area contributed by atoms with E-state index in [4.69, 9.17) is 29.9 Å². The molecule has 5 atom stereocenters. The number of ether oxygens (including phenoxy) is 3. The highest BCUT2D eigenvalue weighted by Crippen LogP contribution is 2.40. The molecule has 4 fully saturated rings. The number of rotatable bonds is 37. The number of amides is 12. The molecule has 1 aliphatic carbocycles. The van der Waals surface area contributed by atoms with E-state index in [0.717, 1.165) is 63.0 Å². The Morgan fingerprint density at radius 2 is 1.61 bits per heavy atom. The van der Waals surface area contributed by atoms with Gasteiger partial charge in [0.15, 0.2) is 17.4 Å². The van der Waals surface area contributed by atoms with Crippen LogP contribution in [-0.2, 0) is 72.2 Å². The Balaban J connectivity index is 0.713. The van der Waals surface area contributed by atoms with Crippen molar-refractivity contribution in [3.63, 3.8) is 0 Å². The Morgan fingerprint density at radius 1 is 0.844 bits per heavy atom. The van der Waals surface area contributed by atoms with Crippen molar-refractivity contribution in [1.29, 1.82) is 0 Å². The van der Waals surface area contributed by atoms with Crippen LogP contribution in [0.3, 0.4) is 0 Å². The third kappa shape index (κ3) is 21.2. The number of hydrogen-bond acceptors (Lipinski definition) is 20. The average molecular weight is 1510 g/mol. The Hall–Kier alpha value is -10.2. The Morgan fingerprint density at radius 3 is 2.30 bits per heavy atom. The van der Waals surface area contributed by atoms with Gasteiger partial charge in [0.05, 0.1) is 32.6 Å². The number of piperidine rings is 2. The zero-order valence-corrected chi connectivity index (χ0v) is 63.4. The van der Waals surface area contributed by atoms with Crippen molar-refractivity contribution in [2.75, 3.05) is 93.6 Å². The number of nitrogens with two attached hydrogens (primary N) is 1. The van der Waals surface area contributed by atoms with Crippen LogP contribution in [0.15, 0.2) is 66.9 Å². The van der Waals surface area contributed by atoms with Gasteiger partial charge in [0.1, 0.15) is 42.5 Å². The second-order valence-electron chi connectivity index (χ2n) is 29.7. The summed E-state index contributed by atoms with van der Waals surface area (Å²) in [5.74, 6) is -2.99. The number of methoxy groups -OCH3 is 1. The number of nitrogens with one attached hydrogen (secondary N) is 5. The van der Waals surface area contributed by atoms with Crippen LogP contribution >= 0.6 is 0 Å². The Bertz CT molecular complexity index is 4030. The maximum Gasteiger partial charge on any atom is 0.410 e. The van der Waals surface area contributed by atoms with Crippen molar-refractivity contribution in [1.82, 2.24) is 45.5 Å². The lowest BCUT2D eigenvalue weighted by Gasteiger charge is -2.43. The monoisotopic (exact) mass is 1500 g/mol. The molecule has 109 heavy (non-hydrogen) atoms. The van der Waals surface area contributed by atoms with Crippen molar-refractivity contribution in [2.24, 2.45) is 29.4 Å². The van der Waals surface area contributed by atoms with E-state index < -0.39 is 66.2 Å². The third-order valence-corrected chi connectivity index (χ3v) is 21.6. The van der Waals surface area contributed by atoms with E-state index in [9.17, 15) is 62.3 Å². The fourth-order valence-corrected chi connectivity index (χ4v) is 15.4. The van der Waals surface area contributed by atoms with Crippen molar-refractivity contribution in [2.45, 2.75) is 187 Å². The van der Waals surface area contributed by atoms with E-state index in [-0.39, 0.29) is 149 Å². The highest BCUT2D eigenvalue weighted by molar-refractivity contribution is 6.08. The van der Waals surface area contributed by atoms with Crippen LogP contribution in [0.25, 0.3) is 0 Å². The van der Waals surface area contributed by atoms with Gasteiger partial charge in [0.2, 0.25) is 47.3 Å².